The molecule has 0 spiro atoms. The second kappa shape index (κ2) is 6.25. The highest BCUT2D eigenvalue weighted by molar-refractivity contribution is 6.49. The van der Waals surface area contributed by atoms with E-state index in [1.54, 1.807) is 13.0 Å². The first-order valence-electron chi connectivity index (χ1n) is 5.35. The average Bonchev–Trinajstić information content (AvgIpc) is 2.35. The Kier molecular flexibility index (Phi) is 4.95. The van der Waals surface area contributed by atoms with Gasteiger partial charge in [0.25, 0.3) is 0 Å². The molecule has 0 N–H and O–H groups in total. The largest absolute Gasteiger partial charge is 0.305 e. The molecule has 19 heavy (non-hydrogen) atoms. The van der Waals surface area contributed by atoms with Crippen LogP contribution in [0, 0.1) is 33.1 Å². The maximum Gasteiger partial charge on any atom is 0.305 e. The van der Waals surface area contributed by atoms with Gasteiger partial charge in [-0.2, -0.15) is 9.65 Å². The first kappa shape index (κ1) is 15.1. The summed E-state index contributed by atoms with van der Waals surface area (Å²) >= 11 is 5.79. The Hall–Kier alpha value is -2.00. The fourth-order valence-corrected chi connectivity index (χ4v) is 1.81. The fraction of sp³-hybridized carbons (Fsp3) is 0.250. The Morgan fingerprint density at radius 3 is 2.63 bits per heavy atom. The zero-order chi connectivity index (χ0) is 14.6. The third kappa shape index (κ3) is 3.06. The van der Waals surface area contributed by atoms with Crippen molar-refractivity contribution in [3.8, 4) is 6.07 Å². The minimum atomic E-state index is -1.38. The summed E-state index contributed by atoms with van der Waals surface area (Å²) in [5, 5.41) is 19.0. The normalized spacial score (nSPS) is 11.7. The molecule has 4 nitrogen and oxygen atoms in total. The van der Waals surface area contributed by atoms with Gasteiger partial charge in [0.15, 0.2) is 0 Å². The number of allylic oxidation sites excluding steroid dienone is 1. The maximum absolute atomic E-state index is 13.9. The molecule has 0 unspecified atom stereocenters. The van der Waals surface area contributed by atoms with Gasteiger partial charge < -0.3 is 0 Å². The maximum atomic E-state index is 13.9. The van der Waals surface area contributed by atoms with Crippen LogP contribution in [-0.4, -0.2) is 4.92 Å². The number of hydrogen-bond donors (Lipinski definition) is 0. The van der Waals surface area contributed by atoms with Crippen LogP contribution >= 0.6 is 11.6 Å². The fourth-order valence-electron chi connectivity index (χ4n) is 1.50. The first-order valence-corrected chi connectivity index (χ1v) is 5.73. The lowest BCUT2D eigenvalue weighted by Crippen LogP contribution is -2.00. The van der Waals surface area contributed by atoms with Crippen molar-refractivity contribution in [2.75, 3.05) is 0 Å². The molecule has 0 aromatic heterocycles. The number of nitriles is 1. The predicted molar refractivity (Wildman–Crippen MR) is 66.3 cm³/mol. The van der Waals surface area contributed by atoms with E-state index in [0.717, 1.165) is 6.07 Å². The number of hydrogen-bond acceptors (Lipinski definition) is 3. The zero-order valence-corrected chi connectivity index (χ0v) is 10.7. The van der Waals surface area contributed by atoms with Crippen molar-refractivity contribution in [2.45, 2.75) is 19.8 Å². The van der Waals surface area contributed by atoms with Gasteiger partial charge in [-0.25, -0.2) is 4.39 Å². The zero-order valence-electron chi connectivity index (χ0n) is 9.91. The highest BCUT2D eigenvalue weighted by Gasteiger charge is 2.24. The number of nitro groups is 1. The molecule has 0 bridgehead atoms. The molecular formula is C12H9ClF2N2O2. The van der Waals surface area contributed by atoms with Gasteiger partial charge in [-0.15, -0.1) is 0 Å². The summed E-state index contributed by atoms with van der Waals surface area (Å²) in [6, 6.07) is 3.21. The molecule has 0 atom stereocenters. The third-order valence-electron chi connectivity index (χ3n) is 2.39. The molecule has 0 heterocycles. The van der Waals surface area contributed by atoms with Crippen molar-refractivity contribution in [1.82, 2.24) is 0 Å². The molecule has 0 radical (unpaired) electrons. The molecule has 0 saturated heterocycles. The highest BCUT2D eigenvalue weighted by atomic mass is 35.5. The van der Waals surface area contributed by atoms with Crippen molar-refractivity contribution >= 4 is 22.3 Å². The van der Waals surface area contributed by atoms with Crippen LogP contribution in [0.2, 0.25) is 0 Å². The number of nitro benzene ring substituents is 1. The number of rotatable bonds is 4. The van der Waals surface area contributed by atoms with Crippen molar-refractivity contribution < 1.29 is 13.7 Å². The van der Waals surface area contributed by atoms with Gasteiger partial charge in [0, 0.05) is 11.6 Å². The molecule has 1 rings (SSSR count). The monoisotopic (exact) mass is 286 g/mol. The summed E-state index contributed by atoms with van der Waals surface area (Å²) in [6.07, 6.45) is 0.786. The van der Waals surface area contributed by atoms with Crippen LogP contribution < -0.4 is 0 Å². The van der Waals surface area contributed by atoms with Gasteiger partial charge in [-0.1, -0.05) is 24.9 Å². The Balaban J connectivity index is 3.54. The topological polar surface area (TPSA) is 66.9 Å². The van der Waals surface area contributed by atoms with E-state index in [4.69, 9.17) is 16.9 Å². The lowest BCUT2D eigenvalue weighted by Gasteiger charge is -2.06. The first-order chi connectivity index (χ1) is 8.93. The second-order valence-corrected chi connectivity index (χ2v) is 4.04. The smallest absolute Gasteiger partial charge is 0.258 e. The van der Waals surface area contributed by atoms with Crippen LogP contribution in [0.5, 0.6) is 0 Å². The van der Waals surface area contributed by atoms with Crippen LogP contribution in [0.15, 0.2) is 17.7 Å². The van der Waals surface area contributed by atoms with Gasteiger partial charge in [-0.05, 0) is 12.5 Å². The minimum Gasteiger partial charge on any atom is -0.258 e. The lowest BCUT2D eigenvalue weighted by atomic mass is 10.1. The van der Waals surface area contributed by atoms with E-state index in [-0.39, 0.29) is 12.0 Å². The Bertz CT molecular complexity index is 594. The Morgan fingerprint density at radius 1 is 1.53 bits per heavy atom. The molecular weight excluding hydrogens is 278 g/mol. The van der Waals surface area contributed by atoms with Crippen LogP contribution in [0.1, 0.15) is 25.3 Å². The van der Waals surface area contributed by atoms with Crippen LogP contribution in [0.4, 0.5) is 14.5 Å². The van der Waals surface area contributed by atoms with Crippen LogP contribution in [-0.2, 0) is 0 Å². The van der Waals surface area contributed by atoms with E-state index in [1.165, 1.54) is 0 Å². The molecule has 0 fully saturated rings. The molecule has 1 aromatic carbocycles. The van der Waals surface area contributed by atoms with E-state index < -0.39 is 32.8 Å². The molecule has 0 saturated carbocycles. The van der Waals surface area contributed by atoms with Gasteiger partial charge in [0.1, 0.15) is 5.82 Å². The van der Waals surface area contributed by atoms with Crippen molar-refractivity contribution in [3.63, 3.8) is 0 Å². The molecule has 0 aliphatic heterocycles. The molecule has 0 aliphatic rings. The molecule has 0 amide bonds. The average molecular weight is 287 g/mol. The minimum absolute atomic E-state index is 0.0116. The van der Waals surface area contributed by atoms with Gasteiger partial charge in [-0.3, -0.25) is 10.1 Å². The van der Waals surface area contributed by atoms with Gasteiger partial charge in [0.05, 0.1) is 21.6 Å². The van der Waals surface area contributed by atoms with E-state index >= 15 is 0 Å². The van der Waals surface area contributed by atoms with Gasteiger partial charge >= 0.3 is 5.69 Å². The van der Waals surface area contributed by atoms with E-state index in [0.29, 0.717) is 12.5 Å². The standard InChI is InChI=1S/C12H9ClF2N2O2/c1-2-3-7(6-16)11(13)10-8(14)4-5-9(12(10)15)17(18)19/h4-5H,2-3H2,1H3. The summed E-state index contributed by atoms with van der Waals surface area (Å²) < 4.78 is 27.5. The van der Waals surface area contributed by atoms with E-state index in [1.807, 2.05) is 0 Å². The second-order valence-electron chi connectivity index (χ2n) is 3.67. The van der Waals surface area contributed by atoms with E-state index in [9.17, 15) is 18.9 Å². The SMILES string of the molecule is CCCC(C#N)=C(Cl)c1c(F)ccc([N+](=O)[O-])c1F. The highest BCUT2D eigenvalue weighted by Crippen LogP contribution is 2.33. The summed E-state index contributed by atoms with van der Waals surface area (Å²) in [7, 11) is 0. The molecule has 1 aromatic rings. The summed E-state index contributed by atoms with van der Waals surface area (Å²) in [4.78, 5) is 9.61. The summed E-state index contributed by atoms with van der Waals surface area (Å²) in [5.74, 6) is -2.42. The van der Waals surface area contributed by atoms with Crippen molar-refractivity contribution in [2.24, 2.45) is 0 Å². The predicted octanol–water partition coefficient (Wildman–Crippen LogP) is 4.15. The Morgan fingerprint density at radius 2 is 2.16 bits per heavy atom. The molecule has 0 aliphatic carbocycles. The molecule has 100 valence electrons. The third-order valence-corrected chi connectivity index (χ3v) is 2.80. The van der Waals surface area contributed by atoms with Crippen molar-refractivity contribution in [1.29, 1.82) is 5.26 Å². The summed E-state index contributed by atoms with van der Waals surface area (Å²) in [6.45, 7) is 1.77. The van der Waals surface area contributed by atoms with Crippen molar-refractivity contribution in [3.05, 3.63) is 45.0 Å². The molecule has 7 heteroatoms. The van der Waals surface area contributed by atoms with E-state index in [2.05, 4.69) is 0 Å². The van der Waals surface area contributed by atoms with Gasteiger partial charge in [0.2, 0.25) is 5.82 Å². The van der Waals surface area contributed by atoms with Crippen LogP contribution in [0.25, 0.3) is 5.03 Å². The number of halogens is 3. The number of nitrogens with zero attached hydrogens (tertiary/aromatic N) is 2. The summed E-state index contributed by atoms with van der Waals surface area (Å²) in [5.41, 5.74) is -1.63. The lowest BCUT2D eigenvalue weighted by molar-refractivity contribution is -0.387. The Labute approximate surface area is 113 Å². The van der Waals surface area contributed by atoms with Crippen LogP contribution in [0.3, 0.4) is 0 Å². The number of benzene rings is 1. The quantitative estimate of drug-likeness (QED) is 0.474.